The van der Waals surface area contributed by atoms with Crippen molar-refractivity contribution in [2.24, 2.45) is 5.92 Å². The Bertz CT molecular complexity index is 447. The van der Waals surface area contributed by atoms with Crippen molar-refractivity contribution < 1.29 is 8.42 Å². The molecule has 0 spiro atoms. The smallest absolute Gasteiger partial charge is 0.246 e. The summed E-state index contributed by atoms with van der Waals surface area (Å²) in [6.45, 7) is 2.09. The second-order valence-electron chi connectivity index (χ2n) is 4.04. The van der Waals surface area contributed by atoms with Gasteiger partial charge < -0.3 is 5.73 Å². The highest BCUT2D eigenvalue weighted by Gasteiger charge is 2.31. The number of nitrogens with zero attached hydrogens (tertiary/aromatic N) is 1. The number of hydrogen-bond acceptors (Lipinski definition) is 4. The summed E-state index contributed by atoms with van der Waals surface area (Å²) < 4.78 is 26.1. The molecule has 0 radical (unpaired) electrons. The monoisotopic (exact) mass is 230 g/mol. The van der Waals surface area contributed by atoms with Gasteiger partial charge in [-0.25, -0.2) is 13.1 Å². The van der Waals surface area contributed by atoms with Gasteiger partial charge in [-0.3, -0.25) is 5.10 Å². The van der Waals surface area contributed by atoms with E-state index in [1.165, 1.54) is 6.20 Å². The van der Waals surface area contributed by atoms with Crippen LogP contribution < -0.4 is 10.5 Å². The second-order valence-corrected chi connectivity index (χ2v) is 5.73. The first-order chi connectivity index (χ1) is 6.99. The van der Waals surface area contributed by atoms with Crippen molar-refractivity contribution in [1.29, 1.82) is 0 Å². The lowest BCUT2D eigenvalue weighted by Gasteiger charge is -2.32. The summed E-state index contributed by atoms with van der Waals surface area (Å²) in [5.41, 5.74) is 5.45. The Morgan fingerprint density at radius 3 is 2.73 bits per heavy atom. The third kappa shape index (κ3) is 1.98. The summed E-state index contributed by atoms with van der Waals surface area (Å²) in [7, 11) is -3.50. The molecule has 1 heterocycles. The molecule has 0 aliphatic heterocycles. The number of anilines is 1. The molecule has 7 heteroatoms. The molecule has 4 N–H and O–H groups in total. The van der Waals surface area contributed by atoms with E-state index in [0.29, 0.717) is 5.92 Å². The maximum Gasteiger partial charge on any atom is 0.246 e. The number of rotatable bonds is 3. The van der Waals surface area contributed by atoms with Crippen molar-refractivity contribution in [2.75, 3.05) is 5.73 Å². The fourth-order valence-corrected chi connectivity index (χ4v) is 3.07. The van der Waals surface area contributed by atoms with E-state index in [2.05, 4.69) is 21.8 Å². The van der Waals surface area contributed by atoms with Crippen LogP contribution in [0.4, 0.5) is 5.82 Å². The first kappa shape index (κ1) is 10.4. The Kier molecular flexibility index (Phi) is 2.43. The minimum atomic E-state index is -3.50. The Balaban J connectivity index is 2.11. The molecule has 2 rings (SSSR count). The maximum atomic E-state index is 11.8. The zero-order valence-corrected chi connectivity index (χ0v) is 9.21. The number of aromatic nitrogens is 2. The maximum absolute atomic E-state index is 11.8. The third-order valence-corrected chi connectivity index (χ3v) is 4.17. The molecular formula is C8H14N4O2S. The fraction of sp³-hybridized carbons (Fsp3) is 0.625. The molecule has 1 aromatic heterocycles. The Hall–Kier alpha value is -1.08. The zero-order chi connectivity index (χ0) is 11.1. The number of H-pyrrole nitrogens is 1. The van der Waals surface area contributed by atoms with Gasteiger partial charge in [-0.05, 0) is 18.8 Å². The molecule has 0 aromatic carbocycles. The average Bonchev–Trinajstić information content (AvgIpc) is 2.48. The van der Waals surface area contributed by atoms with Crippen molar-refractivity contribution in [3.05, 3.63) is 6.20 Å². The highest BCUT2D eigenvalue weighted by atomic mass is 32.2. The van der Waals surface area contributed by atoms with Crippen molar-refractivity contribution in [3.63, 3.8) is 0 Å². The van der Waals surface area contributed by atoms with Gasteiger partial charge in [0.15, 0.2) is 0 Å². The van der Waals surface area contributed by atoms with Gasteiger partial charge in [-0.15, -0.1) is 0 Å². The van der Waals surface area contributed by atoms with Crippen molar-refractivity contribution >= 4 is 15.8 Å². The first-order valence-electron chi connectivity index (χ1n) is 4.80. The molecule has 15 heavy (non-hydrogen) atoms. The minimum Gasteiger partial charge on any atom is -0.383 e. The Labute approximate surface area is 88.3 Å². The quantitative estimate of drug-likeness (QED) is 0.684. The molecule has 84 valence electrons. The highest BCUT2D eigenvalue weighted by Crippen LogP contribution is 2.28. The molecule has 0 bridgehead atoms. The van der Waals surface area contributed by atoms with Crippen molar-refractivity contribution in [1.82, 2.24) is 14.9 Å². The number of nitrogens with two attached hydrogens (primary N) is 1. The molecule has 6 nitrogen and oxygen atoms in total. The van der Waals surface area contributed by atoms with E-state index in [0.717, 1.165) is 12.8 Å². The Morgan fingerprint density at radius 2 is 2.27 bits per heavy atom. The summed E-state index contributed by atoms with van der Waals surface area (Å²) in [6, 6.07) is 0.0410. The van der Waals surface area contributed by atoms with Crippen LogP contribution in [0.1, 0.15) is 19.8 Å². The molecule has 1 fully saturated rings. The van der Waals surface area contributed by atoms with Crippen LogP contribution >= 0.6 is 0 Å². The molecule has 0 unspecified atom stereocenters. The number of hydrogen-bond donors (Lipinski definition) is 3. The number of nitrogen functional groups attached to an aromatic ring is 1. The highest BCUT2D eigenvalue weighted by molar-refractivity contribution is 7.89. The second kappa shape index (κ2) is 3.49. The third-order valence-electron chi connectivity index (χ3n) is 2.62. The van der Waals surface area contributed by atoms with E-state index in [1.807, 2.05) is 0 Å². The molecule has 1 saturated carbocycles. The lowest BCUT2D eigenvalue weighted by molar-refractivity contribution is 0.270. The number of aromatic amines is 1. The molecule has 0 atom stereocenters. The minimum absolute atomic E-state index is 0.0297. The predicted molar refractivity (Wildman–Crippen MR) is 55.5 cm³/mol. The van der Waals surface area contributed by atoms with Gasteiger partial charge in [0.1, 0.15) is 10.7 Å². The summed E-state index contributed by atoms with van der Waals surface area (Å²) in [5.74, 6) is 0.675. The van der Waals surface area contributed by atoms with Crippen LogP contribution in [-0.2, 0) is 10.0 Å². The van der Waals surface area contributed by atoms with Crippen molar-refractivity contribution in [3.8, 4) is 0 Å². The summed E-state index contributed by atoms with van der Waals surface area (Å²) in [5, 5.41) is 5.99. The van der Waals surface area contributed by atoms with Crippen LogP contribution in [0.15, 0.2) is 11.1 Å². The Morgan fingerprint density at radius 1 is 1.60 bits per heavy atom. The predicted octanol–water partition coefficient (Wildman–Crippen LogP) is 0.0687. The lowest BCUT2D eigenvalue weighted by atomic mass is 9.83. The molecule has 0 amide bonds. The normalized spacial score (nSPS) is 26.2. The molecule has 1 aliphatic carbocycles. The van der Waals surface area contributed by atoms with Crippen LogP contribution in [0.5, 0.6) is 0 Å². The molecule has 0 saturated heterocycles. The SMILES string of the molecule is CC1CC(NS(=O)(=O)c2cn[nH]c2N)C1. The van der Waals surface area contributed by atoms with Crippen molar-refractivity contribution in [2.45, 2.75) is 30.7 Å². The van der Waals surface area contributed by atoms with E-state index >= 15 is 0 Å². The average molecular weight is 230 g/mol. The zero-order valence-electron chi connectivity index (χ0n) is 8.40. The van der Waals surface area contributed by atoms with E-state index < -0.39 is 10.0 Å². The van der Waals surface area contributed by atoms with Gasteiger partial charge >= 0.3 is 0 Å². The van der Waals surface area contributed by atoms with Crippen LogP contribution in [-0.4, -0.2) is 24.7 Å². The number of nitrogens with one attached hydrogen (secondary N) is 2. The first-order valence-corrected chi connectivity index (χ1v) is 6.28. The van der Waals surface area contributed by atoms with Gasteiger partial charge in [0, 0.05) is 6.04 Å². The van der Waals surface area contributed by atoms with Gasteiger partial charge in [0.05, 0.1) is 6.20 Å². The topological polar surface area (TPSA) is 101 Å². The van der Waals surface area contributed by atoms with Gasteiger partial charge in [0.25, 0.3) is 0 Å². The van der Waals surface area contributed by atoms with Gasteiger partial charge in [0.2, 0.25) is 10.0 Å². The summed E-state index contributed by atoms with van der Waals surface area (Å²) in [6.07, 6.45) is 2.99. The van der Waals surface area contributed by atoms with E-state index in [9.17, 15) is 8.42 Å². The van der Waals surface area contributed by atoms with Crippen LogP contribution in [0, 0.1) is 5.92 Å². The summed E-state index contributed by atoms with van der Waals surface area (Å²) in [4.78, 5) is 0.0297. The molecule has 1 aromatic rings. The van der Waals surface area contributed by atoms with Crippen LogP contribution in [0.2, 0.25) is 0 Å². The van der Waals surface area contributed by atoms with E-state index in [1.54, 1.807) is 0 Å². The van der Waals surface area contributed by atoms with Crippen LogP contribution in [0.25, 0.3) is 0 Å². The largest absolute Gasteiger partial charge is 0.383 e. The lowest BCUT2D eigenvalue weighted by Crippen LogP contribution is -2.43. The van der Waals surface area contributed by atoms with E-state index in [4.69, 9.17) is 5.73 Å². The summed E-state index contributed by atoms with van der Waals surface area (Å²) >= 11 is 0. The molecular weight excluding hydrogens is 216 g/mol. The standard InChI is InChI=1S/C8H14N4O2S/c1-5-2-6(3-5)12-15(13,14)7-4-10-11-8(7)9/h4-6,12H,2-3H2,1H3,(H3,9,10,11). The fourth-order valence-electron chi connectivity index (χ4n) is 1.78. The van der Waals surface area contributed by atoms with Crippen LogP contribution in [0.3, 0.4) is 0 Å². The van der Waals surface area contributed by atoms with Gasteiger partial charge in [-0.2, -0.15) is 5.10 Å². The number of sulfonamides is 1. The molecule has 1 aliphatic rings. The van der Waals surface area contributed by atoms with E-state index in [-0.39, 0.29) is 16.8 Å². The van der Waals surface area contributed by atoms with Gasteiger partial charge in [-0.1, -0.05) is 6.92 Å².